The first-order valence-electron chi connectivity index (χ1n) is 32.7. The van der Waals surface area contributed by atoms with Crippen LogP contribution in [0.25, 0.3) is 0 Å². The summed E-state index contributed by atoms with van der Waals surface area (Å²) in [5.41, 5.74) is 8.34. The highest BCUT2D eigenvalue weighted by Gasteiger charge is 2.73. The molecule has 0 aromatic heterocycles. The Morgan fingerprint density at radius 2 is 0.884 bits per heavy atom. The van der Waals surface area contributed by atoms with E-state index in [-0.39, 0.29) is 74.3 Å². The van der Waals surface area contributed by atoms with E-state index in [1.54, 1.807) is 5.57 Å². The molecule has 24 atom stereocenters. The summed E-state index contributed by atoms with van der Waals surface area (Å²) in [6, 6.07) is 0. The van der Waals surface area contributed by atoms with Crippen LogP contribution in [-0.4, -0.2) is 172 Å². The van der Waals surface area contributed by atoms with Crippen molar-refractivity contribution in [2.24, 2.45) is 125 Å². The number of nitrogens with two attached hydrogens (primary N) is 2. The lowest BCUT2D eigenvalue weighted by Gasteiger charge is -2.71. The van der Waals surface area contributed by atoms with Crippen LogP contribution in [0.5, 0.6) is 0 Å². The van der Waals surface area contributed by atoms with E-state index in [0.717, 1.165) is 89.9 Å². The monoisotopic (exact) mass is 1220 g/mol. The van der Waals surface area contributed by atoms with Gasteiger partial charge in [0, 0.05) is 16.2 Å². The quantitative estimate of drug-likeness (QED) is 0.104. The minimum Gasteiger partial charge on any atom is -0.481 e. The van der Waals surface area contributed by atoms with Crippen LogP contribution in [0.2, 0.25) is 0 Å². The lowest BCUT2D eigenvalue weighted by Crippen LogP contribution is -2.68. The van der Waals surface area contributed by atoms with Gasteiger partial charge >= 0.3 is 5.97 Å². The molecule has 10 aliphatic carbocycles. The van der Waals surface area contributed by atoms with Gasteiger partial charge in [0.05, 0.1) is 93.8 Å². The van der Waals surface area contributed by atoms with Gasteiger partial charge in [-0.15, -0.1) is 0 Å². The Labute approximate surface area is 514 Å². The molecule has 19 N–H and O–H groups in total. The number of carbonyl (C=O) groups excluding carboxylic acids is 1. The predicted molar refractivity (Wildman–Crippen MR) is 329 cm³/mol. The van der Waals surface area contributed by atoms with Gasteiger partial charge in [0.15, 0.2) is 0 Å². The van der Waals surface area contributed by atoms with Gasteiger partial charge in [0.2, 0.25) is 0 Å². The number of aliphatic hydroxyl groups is 12. The Bertz CT molecular complexity index is 2400. The van der Waals surface area contributed by atoms with Crippen molar-refractivity contribution in [2.45, 2.75) is 221 Å². The standard InChI is InChI=1S/C30H48O5.C30H48O4.2C4H11NO3.H2O/c1-17-9-12-30(25(34)35)14-13-28(5)19(23(30)18(17)2)7-8-22-26(3)15-20(32)24(33)27(4,16-31)21(26)10-11-29(22,28)6;1-18-9-12-30(17-32)14-13-28(5)20(24(30)19(18)2)7-8-23-26(3)15-21(33)25(34)27(4,16-31)22(26)10-11-29(23,28)6;2*5-4(1-6,2-7)3-8;/h7,17-18,20-24,31-33H,8-16H2,1-6H3,(H,34,35);7,17-19,21-25,31,33-34H,8-16H2,1-6H3;2*6-8H,1-3,5H2;1H2/t17-,18+,20-,21?,22?,23?,24+,26+,27+,28-,29-,30+;18-,19+,21-,22?,23?,24?,25+,26+,27+,28-,29-,30-;;;/m11.../s1. The average molecular weight is 1220 g/mol. The van der Waals surface area contributed by atoms with Gasteiger partial charge in [-0.3, -0.25) is 4.79 Å². The molecule has 8 saturated carbocycles. The molecule has 0 heterocycles. The normalized spacial score (nSPS) is 49.1. The van der Waals surface area contributed by atoms with Crippen molar-refractivity contribution in [3.8, 4) is 0 Å². The first-order chi connectivity index (χ1) is 39.4. The minimum absolute atomic E-state index is 0. The molecule has 498 valence electrons. The molecule has 18 heteroatoms. The highest BCUT2D eigenvalue weighted by Crippen LogP contribution is 2.78. The van der Waals surface area contributed by atoms with Gasteiger partial charge in [-0.05, 0) is 194 Å². The van der Waals surface area contributed by atoms with E-state index in [2.05, 4.69) is 81.4 Å². The van der Waals surface area contributed by atoms with Gasteiger partial charge in [-0.1, -0.05) is 106 Å². The predicted octanol–water partition coefficient (Wildman–Crippen LogP) is 4.68. The van der Waals surface area contributed by atoms with Gasteiger partial charge in [-0.2, -0.15) is 0 Å². The number of rotatable bonds is 10. The topological polar surface area (TPSA) is 381 Å². The molecule has 0 spiro atoms. The van der Waals surface area contributed by atoms with Crippen LogP contribution in [-0.2, 0) is 9.59 Å². The van der Waals surface area contributed by atoms with Crippen LogP contribution >= 0.6 is 0 Å². The molecule has 10 aliphatic rings. The molecule has 0 radical (unpaired) electrons. The van der Waals surface area contributed by atoms with Crippen molar-refractivity contribution >= 4 is 12.3 Å². The van der Waals surface area contributed by atoms with Crippen LogP contribution < -0.4 is 11.5 Å². The maximum atomic E-state index is 12.8. The second-order valence-electron chi connectivity index (χ2n) is 32.5. The van der Waals surface area contributed by atoms with Crippen molar-refractivity contribution < 1.29 is 81.5 Å². The number of fused-ring (bicyclic) bond motifs is 14. The summed E-state index contributed by atoms with van der Waals surface area (Å²) in [6.45, 7) is 25.2. The number of aldehydes is 1. The molecule has 0 aromatic rings. The molecule has 0 aromatic carbocycles. The second-order valence-corrected chi connectivity index (χ2v) is 32.5. The summed E-state index contributed by atoms with van der Waals surface area (Å²) in [5, 5.41) is 125. The number of allylic oxidation sites excluding steroid dienone is 4. The Morgan fingerprint density at radius 3 is 1.23 bits per heavy atom. The van der Waals surface area contributed by atoms with E-state index in [0.29, 0.717) is 54.3 Å². The Hall–Kier alpha value is -1.98. The van der Waals surface area contributed by atoms with Crippen LogP contribution in [0.1, 0.15) is 186 Å². The number of carbonyl (C=O) groups is 2. The molecule has 86 heavy (non-hydrogen) atoms. The van der Waals surface area contributed by atoms with E-state index in [1.165, 1.54) is 11.9 Å². The number of carboxylic acids is 1. The van der Waals surface area contributed by atoms with Crippen LogP contribution in [0.4, 0.5) is 0 Å². The molecule has 0 aliphatic heterocycles. The van der Waals surface area contributed by atoms with E-state index in [1.807, 2.05) is 13.8 Å². The third kappa shape index (κ3) is 10.8. The van der Waals surface area contributed by atoms with Crippen LogP contribution in [0.3, 0.4) is 0 Å². The molecule has 10 rings (SSSR count). The average Bonchev–Trinajstić information content (AvgIpc) is 0.691. The van der Waals surface area contributed by atoms with E-state index in [4.69, 9.17) is 42.1 Å². The third-order valence-electron chi connectivity index (χ3n) is 28.8. The summed E-state index contributed by atoms with van der Waals surface area (Å²) in [6.07, 6.45) is 17.6. The van der Waals surface area contributed by atoms with E-state index < -0.39 is 97.3 Å². The largest absolute Gasteiger partial charge is 0.481 e. The molecule has 0 bridgehead atoms. The van der Waals surface area contributed by atoms with Crippen molar-refractivity contribution in [3.63, 3.8) is 0 Å². The Morgan fingerprint density at radius 1 is 0.523 bits per heavy atom. The number of hydrogen-bond donors (Lipinski definition) is 15. The van der Waals surface area contributed by atoms with E-state index >= 15 is 0 Å². The number of carboxylic acid groups (broad SMARTS) is 1. The molecule has 8 fully saturated rings. The highest BCUT2D eigenvalue weighted by atomic mass is 16.4. The van der Waals surface area contributed by atoms with Crippen LogP contribution in [0, 0.1) is 113 Å². The molecular formula is C68H120N2O16. The Balaban J connectivity index is 0.000000218. The maximum absolute atomic E-state index is 12.8. The van der Waals surface area contributed by atoms with Crippen molar-refractivity contribution in [1.29, 1.82) is 0 Å². The molecule has 6 unspecified atom stereocenters. The van der Waals surface area contributed by atoms with Crippen LogP contribution in [0.15, 0.2) is 23.3 Å². The van der Waals surface area contributed by atoms with Gasteiger partial charge in [0.1, 0.15) is 6.29 Å². The molecular weight excluding hydrogens is 1100 g/mol. The number of hydrogen-bond acceptors (Lipinski definition) is 16. The summed E-state index contributed by atoms with van der Waals surface area (Å²) in [7, 11) is 0. The first kappa shape index (κ1) is 73.1. The third-order valence-corrected chi connectivity index (χ3v) is 28.8. The zero-order chi connectivity index (χ0) is 63.9. The summed E-state index contributed by atoms with van der Waals surface area (Å²) < 4.78 is 0. The molecule has 0 saturated heterocycles. The SMILES string of the molecule is C[C@@H]1CC[C@]2(C(=O)O)CC[C@]3(C)C(=CCC4[C@@]5(C)C[C@@H](O)[C@H](O)[C@@](C)(CO)C5CC[C@]43C)C2[C@H]1C.C[C@@H]1CC[C@]2(C=O)CC[C@]3(C)C(=CCC4[C@@]5(C)C[C@@H](O)[C@H](O)[C@@](C)(CO)C5CC[C@]43C)C2[C@H]1C.NC(CO)(CO)CO.NC(CO)(CO)CO.O. The van der Waals surface area contributed by atoms with Crippen molar-refractivity contribution in [3.05, 3.63) is 23.3 Å². The van der Waals surface area contributed by atoms with Crippen molar-refractivity contribution in [1.82, 2.24) is 0 Å². The second kappa shape index (κ2) is 25.5. The number of aliphatic hydroxyl groups excluding tert-OH is 12. The lowest BCUT2D eigenvalue weighted by atomic mass is 9.33. The highest BCUT2D eigenvalue weighted by molar-refractivity contribution is 5.76. The summed E-state index contributed by atoms with van der Waals surface area (Å²) in [5.74, 6) is 2.90. The first-order valence-corrected chi connectivity index (χ1v) is 32.7. The summed E-state index contributed by atoms with van der Waals surface area (Å²) in [4.78, 5) is 25.4. The van der Waals surface area contributed by atoms with Gasteiger partial charge in [0.25, 0.3) is 0 Å². The summed E-state index contributed by atoms with van der Waals surface area (Å²) >= 11 is 0. The Kier molecular flexibility index (Phi) is 21.7. The molecule has 18 nitrogen and oxygen atoms in total. The number of aliphatic carboxylic acids is 1. The van der Waals surface area contributed by atoms with E-state index in [9.17, 15) is 45.3 Å². The minimum atomic E-state index is -1.21. The zero-order valence-corrected chi connectivity index (χ0v) is 54.6. The zero-order valence-electron chi connectivity index (χ0n) is 54.6. The fourth-order valence-corrected chi connectivity index (χ4v) is 22.2. The van der Waals surface area contributed by atoms with Gasteiger partial charge in [-0.25, -0.2) is 0 Å². The lowest BCUT2D eigenvalue weighted by molar-refractivity contribution is -0.244. The fourth-order valence-electron chi connectivity index (χ4n) is 22.2. The van der Waals surface area contributed by atoms with Gasteiger partial charge < -0.3 is 88.1 Å². The smallest absolute Gasteiger partial charge is 0.310 e. The molecule has 0 amide bonds. The van der Waals surface area contributed by atoms with Crippen molar-refractivity contribution in [2.75, 3.05) is 52.9 Å². The maximum Gasteiger partial charge on any atom is 0.310 e. The fraction of sp³-hybridized carbons (Fsp3) is 0.912.